The van der Waals surface area contributed by atoms with Gasteiger partial charge in [0.15, 0.2) is 0 Å². The molecule has 1 saturated heterocycles. The summed E-state index contributed by atoms with van der Waals surface area (Å²) in [6.45, 7) is 9.16. The number of fused-ring (bicyclic) bond motifs is 1. The number of aromatic nitrogens is 1. The standard InChI is InChI=1S/C14H22BNO3/c1-13(2)14(3,4)19-15(18-13)12-8-7-10-11(17)6-5-9-16(10)12/h7-8,11,17H,5-6,9H2,1-4H3/t11-/m0/s1. The Kier molecular flexibility index (Phi) is 2.86. The van der Waals surface area contributed by atoms with Crippen molar-refractivity contribution in [2.45, 2.75) is 64.4 Å². The highest BCUT2D eigenvalue weighted by Gasteiger charge is 2.52. The normalized spacial score (nSPS) is 28.5. The molecule has 3 heterocycles. The molecule has 0 saturated carbocycles. The Hall–Kier alpha value is -0.775. The molecule has 3 rings (SSSR count). The molecule has 5 heteroatoms. The van der Waals surface area contributed by atoms with Crippen LogP contribution < -0.4 is 5.59 Å². The first kappa shape index (κ1) is 13.2. The molecular weight excluding hydrogens is 241 g/mol. The van der Waals surface area contributed by atoms with E-state index in [2.05, 4.69) is 32.3 Å². The summed E-state index contributed by atoms with van der Waals surface area (Å²) in [4.78, 5) is 0. The Labute approximate surface area is 114 Å². The highest BCUT2D eigenvalue weighted by Crippen LogP contribution is 2.37. The van der Waals surface area contributed by atoms with Gasteiger partial charge >= 0.3 is 7.12 Å². The summed E-state index contributed by atoms with van der Waals surface area (Å²) < 4.78 is 14.3. The van der Waals surface area contributed by atoms with Crippen LogP contribution in [0.25, 0.3) is 0 Å². The zero-order valence-corrected chi connectivity index (χ0v) is 12.1. The van der Waals surface area contributed by atoms with Crippen molar-refractivity contribution in [2.75, 3.05) is 0 Å². The van der Waals surface area contributed by atoms with E-state index in [0.717, 1.165) is 30.7 Å². The molecule has 1 atom stereocenters. The number of rotatable bonds is 1. The fourth-order valence-electron chi connectivity index (χ4n) is 2.81. The molecule has 104 valence electrons. The van der Waals surface area contributed by atoms with Gasteiger partial charge in [0.05, 0.1) is 17.3 Å². The summed E-state index contributed by atoms with van der Waals surface area (Å²) >= 11 is 0. The zero-order valence-electron chi connectivity index (χ0n) is 12.1. The summed E-state index contributed by atoms with van der Waals surface area (Å²) in [5, 5.41) is 10.0. The van der Waals surface area contributed by atoms with Crippen molar-refractivity contribution < 1.29 is 14.4 Å². The van der Waals surface area contributed by atoms with Crippen molar-refractivity contribution in [3.8, 4) is 0 Å². The van der Waals surface area contributed by atoms with Gasteiger partial charge < -0.3 is 19.0 Å². The summed E-state index contributed by atoms with van der Waals surface area (Å²) in [7, 11) is -0.343. The van der Waals surface area contributed by atoms with E-state index in [-0.39, 0.29) is 24.4 Å². The fourth-order valence-corrected chi connectivity index (χ4v) is 2.81. The van der Waals surface area contributed by atoms with Gasteiger partial charge in [0.2, 0.25) is 0 Å². The lowest BCUT2D eigenvalue weighted by Gasteiger charge is -2.32. The Balaban J connectivity index is 1.93. The molecule has 1 fully saturated rings. The number of nitrogens with zero attached hydrogens (tertiary/aromatic N) is 1. The molecular formula is C14H22BNO3. The number of aliphatic hydroxyl groups is 1. The van der Waals surface area contributed by atoms with Crippen LogP contribution in [0.5, 0.6) is 0 Å². The number of aliphatic hydroxyl groups excluding tert-OH is 1. The third kappa shape index (κ3) is 1.95. The smallest absolute Gasteiger partial charge is 0.398 e. The predicted molar refractivity (Wildman–Crippen MR) is 74.3 cm³/mol. The number of hydrogen-bond donors (Lipinski definition) is 1. The molecule has 1 aromatic heterocycles. The van der Waals surface area contributed by atoms with Crippen LogP contribution >= 0.6 is 0 Å². The molecule has 0 radical (unpaired) electrons. The molecule has 0 amide bonds. The van der Waals surface area contributed by atoms with Crippen molar-refractivity contribution in [3.05, 3.63) is 17.8 Å². The van der Waals surface area contributed by atoms with Crippen molar-refractivity contribution in [3.63, 3.8) is 0 Å². The fraction of sp³-hybridized carbons (Fsp3) is 0.714. The monoisotopic (exact) mass is 263 g/mol. The molecule has 0 bridgehead atoms. The van der Waals surface area contributed by atoms with Crippen LogP contribution in [0, 0.1) is 0 Å². The van der Waals surface area contributed by atoms with Crippen molar-refractivity contribution >= 4 is 12.7 Å². The second-order valence-corrected chi connectivity index (χ2v) is 6.58. The van der Waals surface area contributed by atoms with E-state index in [9.17, 15) is 5.11 Å². The average molecular weight is 263 g/mol. The Morgan fingerprint density at radius 2 is 1.84 bits per heavy atom. The van der Waals surface area contributed by atoms with Gasteiger partial charge in [0.25, 0.3) is 0 Å². The summed E-state index contributed by atoms with van der Waals surface area (Å²) in [6.07, 6.45) is 1.48. The van der Waals surface area contributed by atoms with Crippen LogP contribution in [0.3, 0.4) is 0 Å². The summed E-state index contributed by atoms with van der Waals surface area (Å²) in [5.41, 5.74) is 1.36. The first-order valence-electron chi connectivity index (χ1n) is 7.05. The Bertz CT molecular complexity index is 479. The summed E-state index contributed by atoms with van der Waals surface area (Å²) in [5.74, 6) is 0. The van der Waals surface area contributed by atoms with E-state index in [4.69, 9.17) is 9.31 Å². The van der Waals surface area contributed by atoms with E-state index in [1.807, 2.05) is 12.1 Å². The minimum Gasteiger partial charge on any atom is -0.398 e. The predicted octanol–water partition coefficient (Wildman–Crippen LogP) is 1.61. The minimum absolute atomic E-state index is 0.324. The first-order valence-corrected chi connectivity index (χ1v) is 7.05. The lowest BCUT2D eigenvalue weighted by molar-refractivity contribution is 0.00578. The van der Waals surface area contributed by atoms with Crippen molar-refractivity contribution in [1.82, 2.24) is 4.57 Å². The van der Waals surface area contributed by atoms with Gasteiger partial charge in [-0.15, -0.1) is 0 Å². The third-order valence-electron chi connectivity index (χ3n) is 4.74. The van der Waals surface area contributed by atoms with Crippen LogP contribution in [0.1, 0.15) is 52.3 Å². The molecule has 1 N–H and O–H groups in total. The molecule has 0 aliphatic carbocycles. The molecule has 2 aliphatic rings. The van der Waals surface area contributed by atoms with Crippen LogP contribution in [0.15, 0.2) is 12.1 Å². The highest BCUT2D eigenvalue weighted by molar-refractivity contribution is 6.61. The van der Waals surface area contributed by atoms with Crippen LogP contribution in [-0.2, 0) is 15.9 Å². The average Bonchev–Trinajstić information content (AvgIpc) is 2.80. The van der Waals surface area contributed by atoms with E-state index >= 15 is 0 Å². The van der Waals surface area contributed by atoms with Gasteiger partial charge in [-0.1, -0.05) is 0 Å². The largest absolute Gasteiger partial charge is 0.512 e. The van der Waals surface area contributed by atoms with Crippen LogP contribution in [0.2, 0.25) is 0 Å². The highest BCUT2D eigenvalue weighted by atomic mass is 16.7. The maximum Gasteiger partial charge on any atom is 0.512 e. The van der Waals surface area contributed by atoms with Gasteiger partial charge in [-0.05, 0) is 52.7 Å². The topological polar surface area (TPSA) is 43.6 Å². The maximum atomic E-state index is 10.0. The van der Waals surface area contributed by atoms with Crippen LogP contribution in [0.4, 0.5) is 0 Å². The van der Waals surface area contributed by atoms with E-state index in [1.165, 1.54) is 0 Å². The molecule has 0 spiro atoms. The van der Waals surface area contributed by atoms with Crippen LogP contribution in [-0.4, -0.2) is 28.0 Å². The van der Waals surface area contributed by atoms with Gasteiger partial charge in [-0.3, -0.25) is 0 Å². The lowest BCUT2D eigenvalue weighted by Crippen LogP contribution is -2.41. The molecule has 2 aliphatic heterocycles. The van der Waals surface area contributed by atoms with Gasteiger partial charge in [-0.2, -0.15) is 0 Å². The third-order valence-corrected chi connectivity index (χ3v) is 4.74. The Morgan fingerprint density at radius 1 is 1.21 bits per heavy atom. The molecule has 0 aromatic carbocycles. The summed E-state index contributed by atoms with van der Waals surface area (Å²) in [6, 6.07) is 4.01. The van der Waals surface area contributed by atoms with E-state index < -0.39 is 0 Å². The van der Waals surface area contributed by atoms with Gasteiger partial charge in [0.1, 0.15) is 0 Å². The maximum absolute atomic E-state index is 10.0. The van der Waals surface area contributed by atoms with E-state index in [0.29, 0.717) is 0 Å². The van der Waals surface area contributed by atoms with Crippen molar-refractivity contribution in [1.29, 1.82) is 0 Å². The second-order valence-electron chi connectivity index (χ2n) is 6.58. The minimum atomic E-state index is -0.357. The SMILES string of the molecule is CC1(C)OB(c2ccc3n2CCC[C@@H]3O)OC1(C)C. The lowest BCUT2D eigenvalue weighted by atomic mass is 9.84. The van der Waals surface area contributed by atoms with Crippen molar-refractivity contribution in [2.24, 2.45) is 0 Å². The quantitative estimate of drug-likeness (QED) is 0.783. The molecule has 19 heavy (non-hydrogen) atoms. The molecule has 0 unspecified atom stereocenters. The number of hydrogen-bond acceptors (Lipinski definition) is 3. The van der Waals surface area contributed by atoms with Gasteiger partial charge in [0, 0.05) is 17.8 Å². The molecule has 1 aromatic rings. The van der Waals surface area contributed by atoms with Gasteiger partial charge in [-0.25, -0.2) is 0 Å². The molecule has 4 nitrogen and oxygen atoms in total. The second kappa shape index (κ2) is 4.11. The van der Waals surface area contributed by atoms with E-state index in [1.54, 1.807) is 0 Å². The Morgan fingerprint density at radius 3 is 2.47 bits per heavy atom. The first-order chi connectivity index (χ1) is 8.82. The zero-order chi connectivity index (χ0) is 13.8.